The lowest BCUT2D eigenvalue weighted by molar-refractivity contribution is -0.137. The van der Waals surface area contributed by atoms with Crippen LogP contribution in [0.5, 0.6) is 0 Å². The van der Waals surface area contributed by atoms with Crippen molar-refractivity contribution in [3.05, 3.63) is 27.7 Å². The second-order valence-corrected chi connectivity index (χ2v) is 4.77. The van der Waals surface area contributed by atoms with Crippen LogP contribution in [0, 0.1) is 6.92 Å². The van der Waals surface area contributed by atoms with Crippen LogP contribution in [-0.2, 0) is 4.79 Å². The molecular formula is C12H14Cl2N2O3. The zero-order chi connectivity index (χ0) is 14.4. The molecule has 0 aliphatic carbocycles. The molecule has 5 nitrogen and oxygen atoms in total. The van der Waals surface area contributed by atoms with Gasteiger partial charge in [-0.25, -0.2) is 4.79 Å². The molecule has 7 heteroatoms. The molecule has 0 unspecified atom stereocenters. The van der Waals surface area contributed by atoms with Crippen molar-refractivity contribution in [3.8, 4) is 0 Å². The summed E-state index contributed by atoms with van der Waals surface area (Å²) in [7, 11) is 0. The van der Waals surface area contributed by atoms with E-state index in [0.29, 0.717) is 22.2 Å². The fourth-order valence-corrected chi connectivity index (χ4v) is 1.78. The number of carbonyl (C=O) groups excluding carboxylic acids is 1. The minimum absolute atomic E-state index is 0.0113. The number of nitrogens with one attached hydrogen (secondary N) is 2. The van der Waals surface area contributed by atoms with Gasteiger partial charge in [-0.2, -0.15) is 0 Å². The maximum absolute atomic E-state index is 11.5. The molecule has 0 saturated carbocycles. The maximum atomic E-state index is 11.5. The number of aliphatic carboxylic acids is 1. The molecule has 1 rings (SSSR count). The molecule has 2 amide bonds. The molecule has 0 radical (unpaired) electrons. The Bertz CT molecular complexity index is 492. The van der Waals surface area contributed by atoms with E-state index in [4.69, 9.17) is 28.3 Å². The zero-order valence-electron chi connectivity index (χ0n) is 10.3. The van der Waals surface area contributed by atoms with E-state index in [1.54, 1.807) is 12.1 Å². The third kappa shape index (κ3) is 5.36. The van der Waals surface area contributed by atoms with E-state index in [1.807, 2.05) is 6.92 Å². The normalized spacial score (nSPS) is 10.1. The Labute approximate surface area is 120 Å². The lowest BCUT2D eigenvalue weighted by Crippen LogP contribution is -2.29. The molecule has 0 aromatic heterocycles. The number of hydrogen-bond acceptors (Lipinski definition) is 2. The van der Waals surface area contributed by atoms with E-state index in [-0.39, 0.29) is 13.0 Å². The number of carboxylic acid groups (broad SMARTS) is 1. The van der Waals surface area contributed by atoms with Gasteiger partial charge >= 0.3 is 12.0 Å². The monoisotopic (exact) mass is 304 g/mol. The lowest BCUT2D eigenvalue weighted by atomic mass is 10.2. The van der Waals surface area contributed by atoms with E-state index in [2.05, 4.69) is 10.6 Å². The summed E-state index contributed by atoms with van der Waals surface area (Å²) in [5, 5.41) is 14.4. The Kier molecular flexibility index (Phi) is 5.92. The van der Waals surface area contributed by atoms with Gasteiger partial charge in [-0.1, -0.05) is 23.2 Å². The summed E-state index contributed by atoms with van der Waals surface area (Å²) in [6.07, 6.45) is 0.378. The van der Waals surface area contributed by atoms with Gasteiger partial charge in [-0.3, -0.25) is 4.79 Å². The number of anilines is 1. The summed E-state index contributed by atoms with van der Waals surface area (Å²) in [5.74, 6) is -0.893. The number of hydrogen-bond donors (Lipinski definition) is 3. The quantitative estimate of drug-likeness (QED) is 0.730. The van der Waals surface area contributed by atoms with Gasteiger partial charge in [0, 0.05) is 18.0 Å². The van der Waals surface area contributed by atoms with Gasteiger partial charge < -0.3 is 15.7 Å². The van der Waals surface area contributed by atoms with Crippen LogP contribution in [0.1, 0.15) is 18.4 Å². The molecule has 0 bridgehead atoms. The first-order valence-electron chi connectivity index (χ1n) is 5.62. The first kappa shape index (κ1) is 15.6. The average Bonchev–Trinajstić information content (AvgIpc) is 2.31. The first-order chi connectivity index (χ1) is 8.90. The number of amides is 2. The van der Waals surface area contributed by atoms with Gasteiger partial charge in [-0.05, 0) is 31.0 Å². The Morgan fingerprint density at radius 1 is 1.26 bits per heavy atom. The van der Waals surface area contributed by atoms with Gasteiger partial charge in [-0.15, -0.1) is 0 Å². The van der Waals surface area contributed by atoms with E-state index in [0.717, 1.165) is 5.56 Å². The number of halogens is 2. The number of carbonyl (C=O) groups is 2. The van der Waals surface area contributed by atoms with Gasteiger partial charge in [0.15, 0.2) is 0 Å². The summed E-state index contributed by atoms with van der Waals surface area (Å²) in [5.41, 5.74) is 1.23. The van der Waals surface area contributed by atoms with E-state index >= 15 is 0 Å². The molecule has 0 aliphatic rings. The fourth-order valence-electron chi connectivity index (χ4n) is 1.35. The highest BCUT2D eigenvalue weighted by Crippen LogP contribution is 2.28. The number of carboxylic acids is 1. The lowest BCUT2D eigenvalue weighted by Gasteiger charge is -2.10. The van der Waals surface area contributed by atoms with Crippen LogP contribution in [0.15, 0.2) is 12.1 Å². The highest BCUT2D eigenvalue weighted by Gasteiger charge is 2.08. The van der Waals surface area contributed by atoms with Crippen molar-refractivity contribution >= 4 is 40.9 Å². The van der Waals surface area contributed by atoms with Crippen molar-refractivity contribution in [3.63, 3.8) is 0 Å². The van der Waals surface area contributed by atoms with Crippen molar-refractivity contribution in [2.45, 2.75) is 19.8 Å². The topological polar surface area (TPSA) is 78.4 Å². The number of rotatable bonds is 5. The minimum Gasteiger partial charge on any atom is -0.481 e. The fraction of sp³-hybridized carbons (Fsp3) is 0.333. The molecule has 0 atom stereocenters. The summed E-state index contributed by atoms with van der Waals surface area (Å²) >= 11 is 11.9. The zero-order valence-corrected chi connectivity index (χ0v) is 11.8. The van der Waals surface area contributed by atoms with Crippen LogP contribution in [0.4, 0.5) is 10.5 Å². The largest absolute Gasteiger partial charge is 0.481 e. The van der Waals surface area contributed by atoms with Crippen LogP contribution in [0.25, 0.3) is 0 Å². The third-order valence-corrected chi connectivity index (χ3v) is 3.07. The smallest absolute Gasteiger partial charge is 0.319 e. The molecule has 19 heavy (non-hydrogen) atoms. The van der Waals surface area contributed by atoms with Crippen molar-refractivity contribution in [2.24, 2.45) is 0 Å². The highest BCUT2D eigenvalue weighted by atomic mass is 35.5. The summed E-state index contributed by atoms with van der Waals surface area (Å²) in [4.78, 5) is 21.8. The second-order valence-electron chi connectivity index (χ2n) is 3.96. The SMILES string of the molecule is Cc1cc(Cl)c(NC(=O)NCCCC(=O)O)cc1Cl. The van der Waals surface area contributed by atoms with Crippen LogP contribution in [-0.4, -0.2) is 23.7 Å². The second kappa shape index (κ2) is 7.21. The van der Waals surface area contributed by atoms with Crippen molar-refractivity contribution < 1.29 is 14.7 Å². The summed E-state index contributed by atoms with van der Waals surface area (Å²) in [6, 6.07) is 2.77. The van der Waals surface area contributed by atoms with Crippen LogP contribution in [0.2, 0.25) is 10.0 Å². The number of benzene rings is 1. The molecule has 0 aliphatic heterocycles. The maximum Gasteiger partial charge on any atom is 0.319 e. The molecule has 3 N–H and O–H groups in total. The van der Waals surface area contributed by atoms with E-state index in [1.165, 1.54) is 0 Å². The Balaban J connectivity index is 2.48. The average molecular weight is 305 g/mol. The molecule has 0 spiro atoms. The third-order valence-electron chi connectivity index (χ3n) is 2.35. The van der Waals surface area contributed by atoms with E-state index in [9.17, 15) is 9.59 Å². The van der Waals surface area contributed by atoms with Crippen molar-refractivity contribution in [2.75, 3.05) is 11.9 Å². The van der Waals surface area contributed by atoms with Crippen LogP contribution in [0.3, 0.4) is 0 Å². The molecule has 1 aromatic rings. The molecule has 0 fully saturated rings. The van der Waals surface area contributed by atoms with Crippen LogP contribution >= 0.6 is 23.2 Å². The molecule has 0 saturated heterocycles. The Morgan fingerprint density at radius 2 is 1.95 bits per heavy atom. The van der Waals surface area contributed by atoms with Crippen molar-refractivity contribution in [1.29, 1.82) is 0 Å². The van der Waals surface area contributed by atoms with E-state index < -0.39 is 12.0 Å². The Hall–Kier alpha value is -1.46. The summed E-state index contributed by atoms with van der Waals surface area (Å²) < 4.78 is 0. The standard InChI is InChI=1S/C12H14Cl2N2O3/c1-7-5-9(14)10(6-8(7)13)16-12(19)15-4-2-3-11(17)18/h5-6H,2-4H2,1H3,(H,17,18)(H2,15,16,19). The van der Waals surface area contributed by atoms with Crippen LogP contribution < -0.4 is 10.6 Å². The minimum atomic E-state index is -0.893. The van der Waals surface area contributed by atoms with Gasteiger partial charge in [0.05, 0.1) is 10.7 Å². The molecule has 0 heterocycles. The first-order valence-corrected chi connectivity index (χ1v) is 6.38. The van der Waals surface area contributed by atoms with Gasteiger partial charge in [0.1, 0.15) is 0 Å². The highest BCUT2D eigenvalue weighted by molar-refractivity contribution is 6.36. The number of urea groups is 1. The van der Waals surface area contributed by atoms with Gasteiger partial charge in [0.2, 0.25) is 0 Å². The predicted octanol–water partition coefficient (Wildman–Crippen LogP) is 3.29. The number of aryl methyl sites for hydroxylation is 1. The summed E-state index contributed by atoms with van der Waals surface area (Å²) in [6.45, 7) is 2.08. The van der Waals surface area contributed by atoms with Crippen molar-refractivity contribution in [1.82, 2.24) is 5.32 Å². The predicted molar refractivity (Wildman–Crippen MR) is 75.1 cm³/mol. The Morgan fingerprint density at radius 3 is 2.58 bits per heavy atom. The molecular weight excluding hydrogens is 291 g/mol. The van der Waals surface area contributed by atoms with Gasteiger partial charge in [0.25, 0.3) is 0 Å². The molecule has 104 valence electrons. The molecule has 1 aromatic carbocycles.